The number of benzene rings is 1. The molecule has 3 rings (SSSR count). The Morgan fingerprint density at radius 2 is 1.65 bits per heavy atom. The first-order chi connectivity index (χ1) is 9.30. The van der Waals surface area contributed by atoms with Crippen LogP contribution in [0.2, 0.25) is 0 Å². The van der Waals surface area contributed by atoms with E-state index >= 15 is 0 Å². The molecule has 1 fully saturated rings. The Labute approximate surface area is 120 Å². The molecular formula is C16H20BNO2. The molecule has 0 unspecified atom stereocenters. The maximum absolute atomic E-state index is 6.10. The van der Waals surface area contributed by atoms with Crippen molar-refractivity contribution in [1.82, 2.24) is 4.98 Å². The van der Waals surface area contributed by atoms with Gasteiger partial charge in [0.2, 0.25) is 0 Å². The molecule has 0 amide bonds. The van der Waals surface area contributed by atoms with E-state index in [4.69, 9.17) is 9.31 Å². The van der Waals surface area contributed by atoms with Gasteiger partial charge in [-0.05, 0) is 51.0 Å². The number of aromatic nitrogens is 1. The predicted molar refractivity (Wildman–Crippen MR) is 82.2 cm³/mol. The minimum Gasteiger partial charge on any atom is -0.399 e. The van der Waals surface area contributed by atoms with Gasteiger partial charge in [0, 0.05) is 17.8 Å². The fraction of sp³-hybridized carbons (Fsp3) is 0.438. The first kappa shape index (κ1) is 13.6. The first-order valence-electron chi connectivity index (χ1n) is 7.00. The largest absolute Gasteiger partial charge is 0.494 e. The summed E-state index contributed by atoms with van der Waals surface area (Å²) in [5, 5.41) is 2.34. The Kier molecular flexibility index (Phi) is 2.92. The number of rotatable bonds is 1. The summed E-state index contributed by atoms with van der Waals surface area (Å²) in [5.74, 6) is 0. The fourth-order valence-electron chi connectivity index (χ4n) is 2.45. The van der Waals surface area contributed by atoms with E-state index in [-0.39, 0.29) is 18.3 Å². The van der Waals surface area contributed by atoms with Crippen LogP contribution in [0.4, 0.5) is 0 Å². The summed E-state index contributed by atoms with van der Waals surface area (Å²) in [4.78, 5) is 4.22. The number of hydrogen-bond acceptors (Lipinski definition) is 3. The lowest BCUT2D eigenvalue weighted by atomic mass is 9.78. The van der Waals surface area contributed by atoms with Crippen molar-refractivity contribution in [3.63, 3.8) is 0 Å². The van der Waals surface area contributed by atoms with E-state index < -0.39 is 0 Å². The van der Waals surface area contributed by atoms with Gasteiger partial charge in [-0.1, -0.05) is 18.2 Å². The second-order valence-electron chi connectivity index (χ2n) is 6.53. The Bertz CT molecular complexity index is 651. The van der Waals surface area contributed by atoms with E-state index in [1.54, 1.807) is 0 Å². The van der Waals surface area contributed by atoms with Crippen molar-refractivity contribution >= 4 is 23.4 Å². The van der Waals surface area contributed by atoms with Crippen LogP contribution in [0.5, 0.6) is 0 Å². The molecule has 20 heavy (non-hydrogen) atoms. The lowest BCUT2D eigenvalue weighted by molar-refractivity contribution is 0.00578. The highest BCUT2D eigenvalue weighted by Gasteiger charge is 2.51. The van der Waals surface area contributed by atoms with E-state index in [1.165, 1.54) is 10.9 Å². The van der Waals surface area contributed by atoms with Crippen LogP contribution in [0.25, 0.3) is 10.8 Å². The molecule has 0 N–H and O–H groups in total. The third-order valence-electron chi connectivity index (χ3n) is 4.51. The normalized spacial score (nSPS) is 20.6. The molecule has 4 heteroatoms. The monoisotopic (exact) mass is 269 g/mol. The summed E-state index contributed by atoms with van der Waals surface area (Å²) >= 11 is 0. The summed E-state index contributed by atoms with van der Waals surface area (Å²) in [6.07, 6.45) is 3.77. The topological polar surface area (TPSA) is 31.4 Å². The van der Waals surface area contributed by atoms with Gasteiger partial charge in [0.1, 0.15) is 0 Å². The third kappa shape index (κ3) is 2.04. The first-order valence-corrected chi connectivity index (χ1v) is 7.00. The highest BCUT2D eigenvalue weighted by atomic mass is 16.7. The number of hydrogen-bond donors (Lipinski definition) is 0. The average Bonchev–Trinajstić information content (AvgIpc) is 2.59. The molecule has 0 aliphatic carbocycles. The van der Waals surface area contributed by atoms with Crippen molar-refractivity contribution in [2.45, 2.75) is 45.8 Å². The summed E-state index contributed by atoms with van der Waals surface area (Å²) in [6.45, 7) is 10.4. The molecule has 2 aromatic rings. The van der Waals surface area contributed by atoms with Crippen molar-refractivity contribution in [1.29, 1.82) is 0 Å². The van der Waals surface area contributed by atoms with E-state index in [0.717, 1.165) is 10.8 Å². The molecule has 3 nitrogen and oxygen atoms in total. The van der Waals surface area contributed by atoms with Crippen molar-refractivity contribution in [2.24, 2.45) is 0 Å². The second-order valence-corrected chi connectivity index (χ2v) is 6.53. The van der Waals surface area contributed by atoms with Gasteiger partial charge in [-0.15, -0.1) is 0 Å². The molecule has 1 aliphatic heterocycles. The van der Waals surface area contributed by atoms with Crippen LogP contribution >= 0.6 is 0 Å². The lowest BCUT2D eigenvalue weighted by Gasteiger charge is -2.32. The van der Waals surface area contributed by atoms with Crippen LogP contribution in [0.1, 0.15) is 33.3 Å². The zero-order valence-corrected chi connectivity index (χ0v) is 12.7. The van der Waals surface area contributed by atoms with Crippen LogP contribution in [-0.4, -0.2) is 23.3 Å². The molecule has 1 aromatic carbocycles. The molecule has 0 saturated carbocycles. The predicted octanol–water partition coefficient (Wildman–Crippen LogP) is 2.84. The van der Waals surface area contributed by atoms with Gasteiger partial charge in [0.05, 0.1) is 11.2 Å². The minimum absolute atomic E-state index is 0.306. The molecular weight excluding hydrogens is 249 g/mol. The Morgan fingerprint density at radius 3 is 2.30 bits per heavy atom. The van der Waals surface area contributed by atoms with Crippen LogP contribution in [0.15, 0.2) is 30.6 Å². The summed E-state index contributed by atoms with van der Waals surface area (Å²) in [6, 6.07) is 6.29. The number of pyridine rings is 1. The highest BCUT2D eigenvalue weighted by Crippen LogP contribution is 2.36. The zero-order valence-electron chi connectivity index (χ0n) is 12.7. The van der Waals surface area contributed by atoms with E-state index in [2.05, 4.69) is 57.8 Å². The van der Waals surface area contributed by atoms with Gasteiger partial charge in [-0.25, -0.2) is 0 Å². The van der Waals surface area contributed by atoms with Gasteiger partial charge in [0.25, 0.3) is 0 Å². The van der Waals surface area contributed by atoms with Crippen molar-refractivity contribution in [2.75, 3.05) is 0 Å². The molecule has 1 aromatic heterocycles. The molecule has 0 spiro atoms. The van der Waals surface area contributed by atoms with Crippen molar-refractivity contribution < 1.29 is 9.31 Å². The standard InChI is InChI=1S/C16H20BNO2/c1-11-9-18-10-12-6-7-13(8-14(11)12)17-19-15(2,3)16(4,5)20-17/h6-10H,1-5H3. The SMILES string of the molecule is Cc1cncc2ccc(B3OC(C)(C)C(C)(C)O3)cc12. The Morgan fingerprint density at radius 1 is 1.00 bits per heavy atom. The van der Waals surface area contributed by atoms with Crippen LogP contribution in [0.3, 0.4) is 0 Å². The van der Waals surface area contributed by atoms with Crippen LogP contribution < -0.4 is 5.46 Å². The van der Waals surface area contributed by atoms with Gasteiger partial charge in [-0.3, -0.25) is 4.98 Å². The molecule has 1 aliphatic rings. The van der Waals surface area contributed by atoms with Crippen LogP contribution in [-0.2, 0) is 9.31 Å². The molecule has 104 valence electrons. The molecule has 0 radical (unpaired) electrons. The maximum atomic E-state index is 6.10. The maximum Gasteiger partial charge on any atom is 0.494 e. The van der Waals surface area contributed by atoms with Crippen molar-refractivity contribution in [3.8, 4) is 0 Å². The van der Waals surface area contributed by atoms with E-state index in [9.17, 15) is 0 Å². The molecule has 0 atom stereocenters. The van der Waals surface area contributed by atoms with E-state index in [1.807, 2.05) is 12.4 Å². The van der Waals surface area contributed by atoms with Gasteiger partial charge >= 0.3 is 7.12 Å². The Balaban J connectivity index is 2.02. The zero-order chi connectivity index (χ0) is 14.5. The Hall–Kier alpha value is -1.39. The minimum atomic E-state index is -0.308. The highest BCUT2D eigenvalue weighted by molar-refractivity contribution is 6.62. The average molecular weight is 269 g/mol. The summed E-state index contributed by atoms with van der Waals surface area (Å²) in [7, 11) is -0.308. The van der Waals surface area contributed by atoms with E-state index in [0.29, 0.717) is 0 Å². The molecule has 0 bridgehead atoms. The van der Waals surface area contributed by atoms with Gasteiger partial charge < -0.3 is 9.31 Å². The lowest BCUT2D eigenvalue weighted by Crippen LogP contribution is -2.41. The summed E-state index contributed by atoms with van der Waals surface area (Å²) in [5.41, 5.74) is 1.62. The quantitative estimate of drug-likeness (QED) is 0.746. The number of fused-ring (bicyclic) bond motifs is 1. The number of nitrogens with zero attached hydrogens (tertiary/aromatic N) is 1. The van der Waals surface area contributed by atoms with Crippen LogP contribution in [0, 0.1) is 6.92 Å². The van der Waals surface area contributed by atoms with Crippen molar-refractivity contribution in [3.05, 3.63) is 36.2 Å². The number of aryl methyl sites for hydroxylation is 1. The van der Waals surface area contributed by atoms with Gasteiger partial charge in [-0.2, -0.15) is 0 Å². The summed E-state index contributed by atoms with van der Waals surface area (Å²) < 4.78 is 12.2. The smallest absolute Gasteiger partial charge is 0.399 e. The second kappa shape index (κ2) is 4.30. The third-order valence-corrected chi connectivity index (χ3v) is 4.51. The fourth-order valence-corrected chi connectivity index (χ4v) is 2.45. The molecule has 1 saturated heterocycles. The molecule has 2 heterocycles. The van der Waals surface area contributed by atoms with Gasteiger partial charge in [0.15, 0.2) is 0 Å².